The molecule has 0 amide bonds. The molecule has 0 heterocycles. The highest BCUT2D eigenvalue weighted by Gasteiger charge is 2.07. The van der Waals surface area contributed by atoms with Crippen LogP contribution in [0.4, 0.5) is 0 Å². The zero-order valence-electron chi connectivity index (χ0n) is 16.8. The van der Waals surface area contributed by atoms with E-state index in [1.807, 2.05) is 18.2 Å². The molecule has 0 bridgehead atoms. The Kier molecular flexibility index (Phi) is 13.8. The maximum absolute atomic E-state index is 11.3. The summed E-state index contributed by atoms with van der Waals surface area (Å²) in [6, 6.07) is 10.3. The number of nitrogens with two attached hydrogens (primary N) is 2. The number of hydrogen-bond donors (Lipinski definition) is 2. The van der Waals surface area contributed by atoms with Gasteiger partial charge in [0.15, 0.2) is 0 Å². The molecule has 0 aliphatic carbocycles. The first-order chi connectivity index (χ1) is 13.7. The van der Waals surface area contributed by atoms with Crippen LogP contribution < -0.4 is 11.5 Å². The van der Waals surface area contributed by atoms with Crippen LogP contribution >= 0.6 is 0 Å². The number of nitrogens with zero attached hydrogens (tertiary/aromatic N) is 1. The van der Waals surface area contributed by atoms with E-state index in [0.29, 0.717) is 26.3 Å². The summed E-state index contributed by atoms with van der Waals surface area (Å²) in [6.45, 7) is 4.26. The van der Waals surface area contributed by atoms with Crippen molar-refractivity contribution in [3.05, 3.63) is 35.9 Å². The molecule has 0 unspecified atom stereocenters. The van der Waals surface area contributed by atoms with Gasteiger partial charge in [0.2, 0.25) is 0 Å². The molecule has 0 spiro atoms. The third-order valence-electron chi connectivity index (χ3n) is 4.21. The molecule has 0 aliphatic heterocycles. The summed E-state index contributed by atoms with van der Waals surface area (Å²) in [4.78, 5) is 25.0. The molecule has 0 aromatic heterocycles. The van der Waals surface area contributed by atoms with Gasteiger partial charge >= 0.3 is 11.9 Å². The average molecular weight is 394 g/mol. The van der Waals surface area contributed by atoms with Gasteiger partial charge in [0, 0.05) is 19.6 Å². The maximum atomic E-state index is 11.3. The number of carbonyl (C=O) groups excluding carboxylic acids is 2. The van der Waals surface area contributed by atoms with E-state index in [1.165, 1.54) is 5.56 Å². The maximum Gasteiger partial charge on any atom is 0.307 e. The Morgan fingerprint density at radius 2 is 1.29 bits per heavy atom. The lowest BCUT2D eigenvalue weighted by atomic mass is 10.2. The third-order valence-corrected chi connectivity index (χ3v) is 4.21. The second-order valence-corrected chi connectivity index (χ2v) is 6.69. The van der Waals surface area contributed by atoms with E-state index in [9.17, 15) is 9.59 Å². The highest BCUT2D eigenvalue weighted by molar-refractivity contribution is 5.69. The smallest absolute Gasteiger partial charge is 0.307 e. The lowest BCUT2D eigenvalue weighted by Gasteiger charge is -2.22. The molecule has 1 rings (SSSR count). The van der Waals surface area contributed by atoms with Crippen LogP contribution in [0.3, 0.4) is 0 Å². The second kappa shape index (κ2) is 16.0. The summed E-state index contributed by atoms with van der Waals surface area (Å²) in [5, 5.41) is 0. The van der Waals surface area contributed by atoms with E-state index >= 15 is 0 Å². The second-order valence-electron chi connectivity index (χ2n) is 6.69. The van der Waals surface area contributed by atoms with E-state index in [0.717, 1.165) is 45.3 Å². The van der Waals surface area contributed by atoms with Crippen molar-refractivity contribution in [1.29, 1.82) is 0 Å². The van der Waals surface area contributed by atoms with Gasteiger partial charge in [-0.25, -0.2) is 0 Å². The van der Waals surface area contributed by atoms with E-state index in [1.54, 1.807) is 0 Å². The summed E-state index contributed by atoms with van der Waals surface area (Å²) in [6.07, 6.45) is 4.12. The fourth-order valence-corrected chi connectivity index (χ4v) is 2.74. The number of rotatable bonds is 16. The van der Waals surface area contributed by atoms with Crippen molar-refractivity contribution in [3.63, 3.8) is 0 Å². The molecule has 7 nitrogen and oxygen atoms in total. The van der Waals surface area contributed by atoms with Gasteiger partial charge in [-0.05, 0) is 44.3 Å². The first kappa shape index (κ1) is 24.1. The Bertz CT molecular complexity index is 512. The summed E-state index contributed by atoms with van der Waals surface area (Å²) < 4.78 is 10.3. The molecule has 0 radical (unpaired) electrons. The molecule has 158 valence electrons. The van der Waals surface area contributed by atoms with Crippen LogP contribution in [0.25, 0.3) is 0 Å². The van der Waals surface area contributed by atoms with Crippen LogP contribution in [0.2, 0.25) is 0 Å². The number of unbranched alkanes of at least 4 members (excludes halogenated alkanes) is 2. The Morgan fingerprint density at radius 3 is 1.75 bits per heavy atom. The molecule has 0 atom stereocenters. The van der Waals surface area contributed by atoms with Crippen molar-refractivity contribution in [2.45, 2.75) is 45.1 Å². The molecular formula is C21H35N3O4. The Labute approximate surface area is 168 Å². The van der Waals surface area contributed by atoms with Gasteiger partial charge in [0.25, 0.3) is 0 Å². The first-order valence-electron chi connectivity index (χ1n) is 10.1. The van der Waals surface area contributed by atoms with Crippen LogP contribution in [-0.4, -0.2) is 56.2 Å². The van der Waals surface area contributed by atoms with E-state index in [-0.39, 0.29) is 24.8 Å². The Hall–Kier alpha value is -1.96. The number of carbonyl (C=O) groups is 2. The molecule has 7 heteroatoms. The van der Waals surface area contributed by atoms with E-state index in [4.69, 9.17) is 20.9 Å². The monoisotopic (exact) mass is 393 g/mol. The zero-order chi connectivity index (χ0) is 20.5. The third kappa shape index (κ3) is 12.4. The van der Waals surface area contributed by atoms with Gasteiger partial charge < -0.3 is 20.9 Å². The van der Waals surface area contributed by atoms with Gasteiger partial charge in [-0.1, -0.05) is 30.3 Å². The Balaban J connectivity index is 2.29. The molecule has 0 aliphatic rings. The number of hydrogen-bond acceptors (Lipinski definition) is 7. The minimum Gasteiger partial charge on any atom is -0.466 e. The minimum atomic E-state index is -0.229. The zero-order valence-corrected chi connectivity index (χ0v) is 16.8. The molecule has 1 aromatic carbocycles. The lowest BCUT2D eigenvalue weighted by Crippen LogP contribution is -2.26. The predicted octanol–water partition coefficient (Wildman–Crippen LogP) is 1.83. The SMILES string of the molecule is NCCC(=O)OCCCCN(CCCCOC(=O)CCN)Cc1ccccc1. The molecule has 1 aromatic rings. The molecule has 0 saturated heterocycles. The number of esters is 2. The van der Waals surface area contributed by atoms with Gasteiger partial charge in [0.1, 0.15) is 0 Å². The van der Waals surface area contributed by atoms with Crippen molar-refractivity contribution in [3.8, 4) is 0 Å². The van der Waals surface area contributed by atoms with Crippen molar-refractivity contribution in [1.82, 2.24) is 4.90 Å². The molecule has 28 heavy (non-hydrogen) atoms. The van der Waals surface area contributed by atoms with Crippen LogP contribution in [0.15, 0.2) is 30.3 Å². The summed E-state index contributed by atoms with van der Waals surface area (Å²) >= 11 is 0. The first-order valence-corrected chi connectivity index (χ1v) is 10.1. The highest BCUT2D eigenvalue weighted by atomic mass is 16.5. The van der Waals surface area contributed by atoms with Crippen molar-refractivity contribution in [2.75, 3.05) is 39.4 Å². The van der Waals surface area contributed by atoms with Crippen molar-refractivity contribution < 1.29 is 19.1 Å². The molecule has 0 saturated carbocycles. The summed E-state index contributed by atoms with van der Waals surface area (Å²) in [5.41, 5.74) is 11.9. The van der Waals surface area contributed by atoms with Crippen LogP contribution in [-0.2, 0) is 25.6 Å². The van der Waals surface area contributed by atoms with Gasteiger partial charge in [-0.15, -0.1) is 0 Å². The van der Waals surface area contributed by atoms with Crippen molar-refractivity contribution in [2.24, 2.45) is 11.5 Å². The van der Waals surface area contributed by atoms with Crippen molar-refractivity contribution >= 4 is 11.9 Å². The van der Waals surface area contributed by atoms with Gasteiger partial charge in [-0.2, -0.15) is 0 Å². The number of benzene rings is 1. The minimum absolute atomic E-state index is 0.229. The fraction of sp³-hybridized carbons (Fsp3) is 0.619. The van der Waals surface area contributed by atoms with Gasteiger partial charge in [-0.3, -0.25) is 14.5 Å². The topological polar surface area (TPSA) is 108 Å². The average Bonchev–Trinajstić information content (AvgIpc) is 2.68. The largest absolute Gasteiger partial charge is 0.466 e. The highest BCUT2D eigenvalue weighted by Crippen LogP contribution is 2.08. The molecular weight excluding hydrogens is 358 g/mol. The Morgan fingerprint density at radius 1 is 0.786 bits per heavy atom. The number of ether oxygens (including phenoxy) is 2. The van der Waals surface area contributed by atoms with E-state index < -0.39 is 0 Å². The lowest BCUT2D eigenvalue weighted by molar-refractivity contribution is -0.144. The summed E-state index contributed by atoms with van der Waals surface area (Å²) in [7, 11) is 0. The normalized spacial score (nSPS) is 10.8. The molecule has 0 fully saturated rings. The quantitative estimate of drug-likeness (QED) is 0.326. The van der Waals surface area contributed by atoms with Crippen LogP contribution in [0, 0.1) is 0 Å². The van der Waals surface area contributed by atoms with Crippen LogP contribution in [0.1, 0.15) is 44.1 Å². The fourth-order valence-electron chi connectivity index (χ4n) is 2.74. The summed E-state index contributed by atoms with van der Waals surface area (Å²) in [5.74, 6) is -0.458. The molecule has 4 N–H and O–H groups in total. The standard InChI is InChI=1S/C21H35N3O4/c22-12-10-20(25)27-16-6-4-14-24(18-19-8-2-1-3-9-19)15-5-7-17-28-21(26)11-13-23/h1-3,8-9H,4-7,10-18,22-23H2. The van der Waals surface area contributed by atoms with Crippen LogP contribution in [0.5, 0.6) is 0 Å². The predicted molar refractivity (Wildman–Crippen MR) is 109 cm³/mol. The van der Waals surface area contributed by atoms with E-state index in [2.05, 4.69) is 17.0 Å². The van der Waals surface area contributed by atoms with Gasteiger partial charge in [0.05, 0.1) is 26.1 Å².